The van der Waals surface area contributed by atoms with Crippen LogP contribution in [0.4, 0.5) is 0 Å². The third-order valence-electron chi connectivity index (χ3n) is 2.64. The predicted octanol–water partition coefficient (Wildman–Crippen LogP) is 0.284. The molecule has 70 valence electrons. The zero-order valence-corrected chi connectivity index (χ0v) is 8.10. The van der Waals surface area contributed by atoms with Gasteiger partial charge in [0.05, 0.1) is 0 Å². The van der Waals surface area contributed by atoms with Gasteiger partial charge in [0.15, 0.2) is 14.6 Å². The lowest BCUT2D eigenvalue weighted by Gasteiger charge is -2.12. The first-order valence-electron chi connectivity index (χ1n) is 3.58. The first-order chi connectivity index (χ1) is 5.15. The van der Waals surface area contributed by atoms with Gasteiger partial charge in [0.25, 0.3) is 0 Å². The fraction of sp³-hybridized carbons (Fsp3) is 0.857. The maximum absolute atomic E-state index is 11.2. The topological polar surface area (TPSA) is 71.4 Å². The fourth-order valence-electron chi connectivity index (χ4n) is 1.73. The molecule has 1 unspecified atom stereocenters. The highest BCUT2D eigenvalue weighted by molar-refractivity contribution is 7.93. The maximum atomic E-state index is 11.2. The van der Waals surface area contributed by atoms with Gasteiger partial charge in [0.1, 0.15) is 0 Å². The van der Waals surface area contributed by atoms with Crippen molar-refractivity contribution >= 4 is 15.8 Å². The Morgan fingerprint density at radius 1 is 1.42 bits per heavy atom. The van der Waals surface area contributed by atoms with E-state index in [0.29, 0.717) is 0 Å². The van der Waals surface area contributed by atoms with Gasteiger partial charge in [0, 0.05) is 6.26 Å². The van der Waals surface area contributed by atoms with E-state index in [0.717, 1.165) is 6.26 Å². The normalized spacial score (nSPS) is 32.9. The van der Waals surface area contributed by atoms with Crippen LogP contribution in [0.3, 0.4) is 0 Å². The van der Waals surface area contributed by atoms with E-state index in [2.05, 4.69) is 0 Å². The second-order valence-electron chi connectivity index (χ2n) is 3.96. The molecule has 4 nitrogen and oxygen atoms in total. The molecule has 0 spiro atoms. The van der Waals surface area contributed by atoms with E-state index in [1.54, 1.807) is 13.8 Å². The standard InChI is InChI=1S/C7H12O4S/c1-6(2)4-7(6,5(8)9)12(3,10)11/h4H2,1-3H3,(H,8,9). The molecular formula is C7H12O4S. The van der Waals surface area contributed by atoms with Crippen molar-refractivity contribution in [2.24, 2.45) is 5.41 Å². The van der Waals surface area contributed by atoms with Crippen LogP contribution in [-0.4, -0.2) is 30.5 Å². The summed E-state index contributed by atoms with van der Waals surface area (Å²) < 4.78 is 20.9. The molecule has 1 N–H and O–H groups in total. The van der Waals surface area contributed by atoms with Gasteiger partial charge in [-0.3, -0.25) is 4.79 Å². The Bertz CT molecular complexity index is 327. The Kier molecular flexibility index (Phi) is 1.60. The van der Waals surface area contributed by atoms with Crippen LogP contribution in [0.15, 0.2) is 0 Å². The molecule has 1 aliphatic rings. The average molecular weight is 192 g/mol. The van der Waals surface area contributed by atoms with Gasteiger partial charge in [-0.1, -0.05) is 13.8 Å². The highest BCUT2D eigenvalue weighted by Gasteiger charge is 2.73. The Labute approximate surface area is 71.5 Å². The van der Waals surface area contributed by atoms with Gasteiger partial charge in [-0.15, -0.1) is 0 Å². The zero-order chi connectivity index (χ0) is 9.78. The number of hydrogen-bond donors (Lipinski definition) is 1. The van der Waals surface area contributed by atoms with Gasteiger partial charge in [0.2, 0.25) is 0 Å². The molecular weight excluding hydrogens is 180 g/mol. The minimum Gasteiger partial charge on any atom is -0.480 e. The summed E-state index contributed by atoms with van der Waals surface area (Å²) in [6, 6.07) is 0. The Hall–Kier alpha value is -0.580. The second-order valence-corrected chi connectivity index (χ2v) is 6.21. The highest BCUT2D eigenvalue weighted by Crippen LogP contribution is 2.60. The minimum absolute atomic E-state index is 0.216. The lowest BCUT2D eigenvalue weighted by Crippen LogP contribution is -2.36. The molecule has 0 aliphatic heterocycles. The van der Waals surface area contributed by atoms with Crippen molar-refractivity contribution in [1.29, 1.82) is 0 Å². The maximum Gasteiger partial charge on any atom is 0.325 e. The monoisotopic (exact) mass is 192 g/mol. The van der Waals surface area contributed by atoms with Gasteiger partial charge in [-0.25, -0.2) is 8.42 Å². The van der Waals surface area contributed by atoms with E-state index in [4.69, 9.17) is 5.11 Å². The number of rotatable bonds is 2. The van der Waals surface area contributed by atoms with Crippen LogP contribution in [0.1, 0.15) is 20.3 Å². The molecule has 0 aromatic rings. The van der Waals surface area contributed by atoms with Gasteiger partial charge >= 0.3 is 5.97 Å². The molecule has 0 aromatic heterocycles. The molecule has 0 heterocycles. The third-order valence-corrected chi connectivity index (χ3v) is 4.78. The van der Waals surface area contributed by atoms with Crippen LogP contribution < -0.4 is 0 Å². The van der Waals surface area contributed by atoms with E-state index in [1.807, 2.05) is 0 Å². The summed E-state index contributed by atoms with van der Waals surface area (Å²) in [5, 5.41) is 8.80. The number of carboxylic acids is 1. The SMILES string of the molecule is CC1(C)CC1(C(=O)O)S(C)(=O)=O. The molecule has 1 fully saturated rings. The summed E-state index contributed by atoms with van der Waals surface area (Å²) in [5.74, 6) is -1.23. The molecule has 0 aromatic carbocycles. The summed E-state index contributed by atoms with van der Waals surface area (Å²) in [4.78, 5) is 10.8. The molecule has 0 amide bonds. The first-order valence-corrected chi connectivity index (χ1v) is 5.47. The summed E-state index contributed by atoms with van der Waals surface area (Å²) >= 11 is 0. The molecule has 1 rings (SSSR count). The summed E-state index contributed by atoms with van der Waals surface area (Å²) in [6.45, 7) is 3.31. The largest absolute Gasteiger partial charge is 0.480 e. The van der Waals surface area contributed by atoms with Crippen LogP contribution in [0, 0.1) is 5.41 Å². The van der Waals surface area contributed by atoms with Crippen LogP contribution in [0.25, 0.3) is 0 Å². The van der Waals surface area contributed by atoms with Crippen molar-refractivity contribution in [3.8, 4) is 0 Å². The van der Waals surface area contributed by atoms with Crippen LogP contribution in [-0.2, 0) is 14.6 Å². The molecule has 0 bridgehead atoms. The molecule has 0 radical (unpaired) electrons. The molecule has 1 aliphatic carbocycles. The number of carboxylic acid groups (broad SMARTS) is 1. The van der Waals surface area contributed by atoms with Crippen molar-refractivity contribution in [1.82, 2.24) is 0 Å². The van der Waals surface area contributed by atoms with E-state index in [-0.39, 0.29) is 6.42 Å². The van der Waals surface area contributed by atoms with Crippen LogP contribution in [0.2, 0.25) is 0 Å². The number of carbonyl (C=O) groups is 1. The van der Waals surface area contributed by atoms with Gasteiger partial charge < -0.3 is 5.11 Å². The molecule has 1 saturated carbocycles. The van der Waals surface area contributed by atoms with Crippen LogP contribution >= 0.6 is 0 Å². The average Bonchev–Trinajstić information content (AvgIpc) is 2.33. The summed E-state index contributed by atoms with van der Waals surface area (Å²) in [7, 11) is -3.50. The number of sulfone groups is 1. The fourth-order valence-corrected chi connectivity index (χ4v) is 3.68. The molecule has 0 saturated heterocycles. The molecule has 12 heavy (non-hydrogen) atoms. The predicted molar refractivity (Wildman–Crippen MR) is 43.6 cm³/mol. The lowest BCUT2D eigenvalue weighted by atomic mass is 10.1. The minimum atomic E-state index is -3.50. The van der Waals surface area contributed by atoms with Crippen molar-refractivity contribution in [3.05, 3.63) is 0 Å². The van der Waals surface area contributed by atoms with E-state index >= 15 is 0 Å². The quantitative estimate of drug-likeness (QED) is 0.682. The van der Waals surface area contributed by atoms with E-state index < -0.39 is 26.0 Å². The van der Waals surface area contributed by atoms with Crippen molar-refractivity contribution < 1.29 is 18.3 Å². The Morgan fingerprint density at radius 2 is 1.75 bits per heavy atom. The third kappa shape index (κ3) is 0.888. The number of hydrogen-bond acceptors (Lipinski definition) is 3. The molecule has 1 atom stereocenters. The van der Waals surface area contributed by atoms with Gasteiger partial charge in [-0.2, -0.15) is 0 Å². The zero-order valence-electron chi connectivity index (χ0n) is 7.29. The Balaban J connectivity index is 3.22. The van der Waals surface area contributed by atoms with Crippen molar-refractivity contribution in [2.45, 2.75) is 25.0 Å². The lowest BCUT2D eigenvalue weighted by molar-refractivity contribution is -0.138. The summed E-state index contributed by atoms with van der Waals surface area (Å²) in [6.07, 6.45) is 1.20. The highest BCUT2D eigenvalue weighted by atomic mass is 32.2. The number of aliphatic carboxylic acids is 1. The van der Waals surface area contributed by atoms with E-state index in [1.165, 1.54) is 0 Å². The van der Waals surface area contributed by atoms with Crippen LogP contribution in [0.5, 0.6) is 0 Å². The second kappa shape index (κ2) is 2.02. The molecule has 5 heteroatoms. The summed E-state index contributed by atoms with van der Waals surface area (Å²) in [5.41, 5.74) is -0.619. The van der Waals surface area contributed by atoms with Crippen molar-refractivity contribution in [3.63, 3.8) is 0 Å². The van der Waals surface area contributed by atoms with Crippen molar-refractivity contribution in [2.75, 3.05) is 6.26 Å². The first kappa shape index (κ1) is 9.51. The van der Waals surface area contributed by atoms with E-state index in [9.17, 15) is 13.2 Å². The Morgan fingerprint density at radius 3 is 1.75 bits per heavy atom. The van der Waals surface area contributed by atoms with Gasteiger partial charge in [-0.05, 0) is 11.8 Å². The smallest absolute Gasteiger partial charge is 0.325 e.